The number of hydrogen-bond acceptors (Lipinski definition) is 2. The summed E-state index contributed by atoms with van der Waals surface area (Å²) in [6.07, 6.45) is 1.98. The molecule has 1 unspecified atom stereocenters. The Morgan fingerprint density at radius 2 is 2.33 bits per heavy atom. The molecule has 0 saturated heterocycles. The second-order valence-corrected chi connectivity index (χ2v) is 4.41. The molecule has 15 heavy (non-hydrogen) atoms. The van der Waals surface area contributed by atoms with Crippen LogP contribution in [-0.2, 0) is 4.79 Å². The molecule has 3 N–H and O–H groups in total. The first-order valence-electron chi connectivity index (χ1n) is 4.99. The number of aromatic amines is 1. The van der Waals surface area contributed by atoms with Gasteiger partial charge in [0.25, 0.3) is 0 Å². The molecule has 4 nitrogen and oxygen atoms in total. The lowest BCUT2D eigenvalue weighted by Crippen LogP contribution is -2.34. The molecule has 0 spiro atoms. The summed E-state index contributed by atoms with van der Waals surface area (Å²) in [5.74, 6) is -0.771. The molecular weight excluding hydrogens is 192 g/mol. The average Bonchev–Trinajstić information content (AvgIpc) is 2.54. The van der Waals surface area contributed by atoms with E-state index in [0.29, 0.717) is 0 Å². The molecule has 84 valence electrons. The van der Waals surface area contributed by atoms with E-state index >= 15 is 0 Å². The van der Waals surface area contributed by atoms with E-state index < -0.39 is 5.97 Å². The summed E-state index contributed by atoms with van der Waals surface area (Å²) in [6.45, 7) is 3.90. The van der Waals surface area contributed by atoms with Crippen LogP contribution in [-0.4, -0.2) is 23.1 Å². The van der Waals surface area contributed by atoms with Gasteiger partial charge < -0.3 is 15.4 Å². The second kappa shape index (κ2) is 4.49. The highest BCUT2D eigenvalue weighted by atomic mass is 16.4. The van der Waals surface area contributed by atoms with Gasteiger partial charge >= 0.3 is 5.97 Å². The summed E-state index contributed by atoms with van der Waals surface area (Å²) < 4.78 is 0. The van der Waals surface area contributed by atoms with Gasteiger partial charge in [0.1, 0.15) is 0 Å². The number of carboxylic acids is 1. The zero-order valence-electron chi connectivity index (χ0n) is 9.37. The monoisotopic (exact) mass is 210 g/mol. The van der Waals surface area contributed by atoms with E-state index in [1.807, 2.05) is 39.2 Å². The molecule has 4 heteroatoms. The second-order valence-electron chi connectivity index (χ2n) is 4.41. The standard InChI is InChI=1S/C11H18N2O2/c1-11(2,7-9(14)15)10(12-3)8-5-4-6-13-8/h4-6,10,12-13H,7H2,1-3H3,(H,14,15). The third-order valence-electron chi connectivity index (χ3n) is 2.61. The summed E-state index contributed by atoms with van der Waals surface area (Å²) in [4.78, 5) is 13.9. The molecule has 0 radical (unpaired) electrons. The Labute approximate surface area is 89.7 Å². The lowest BCUT2D eigenvalue weighted by atomic mass is 9.79. The van der Waals surface area contributed by atoms with E-state index in [9.17, 15) is 4.79 Å². The van der Waals surface area contributed by atoms with Crippen molar-refractivity contribution in [1.82, 2.24) is 10.3 Å². The Hall–Kier alpha value is -1.29. The van der Waals surface area contributed by atoms with Crippen molar-refractivity contribution >= 4 is 5.97 Å². The number of nitrogens with one attached hydrogen (secondary N) is 2. The van der Waals surface area contributed by atoms with E-state index in [4.69, 9.17) is 5.11 Å². The maximum absolute atomic E-state index is 10.8. The van der Waals surface area contributed by atoms with Gasteiger partial charge in [0, 0.05) is 11.9 Å². The Balaban J connectivity index is 2.86. The lowest BCUT2D eigenvalue weighted by molar-refractivity contribution is -0.139. The first-order valence-corrected chi connectivity index (χ1v) is 4.99. The summed E-state index contributed by atoms with van der Waals surface area (Å²) in [6, 6.07) is 3.89. The van der Waals surface area contributed by atoms with Gasteiger partial charge in [-0.05, 0) is 24.6 Å². The zero-order chi connectivity index (χ0) is 11.5. The Morgan fingerprint density at radius 3 is 2.73 bits per heavy atom. The molecule has 1 atom stereocenters. The van der Waals surface area contributed by atoms with Gasteiger partial charge in [0.05, 0.1) is 12.5 Å². The number of aliphatic carboxylic acids is 1. The van der Waals surface area contributed by atoms with Gasteiger partial charge in [-0.25, -0.2) is 0 Å². The van der Waals surface area contributed by atoms with Gasteiger partial charge in [0.15, 0.2) is 0 Å². The van der Waals surface area contributed by atoms with Crippen LogP contribution < -0.4 is 5.32 Å². The average molecular weight is 210 g/mol. The fourth-order valence-corrected chi connectivity index (χ4v) is 1.98. The van der Waals surface area contributed by atoms with Gasteiger partial charge in [-0.2, -0.15) is 0 Å². The number of carbonyl (C=O) groups is 1. The van der Waals surface area contributed by atoms with E-state index in [-0.39, 0.29) is 17.9 Å². The number of H-pyrrole nitrogens is 1. The van der Waals surface area contributed by atoms with Crippen molar-refractivity contribution in [3.05, 3.63) is 24.0 Å². The van der Waals surface area contributed by atoms with Crippen LogP contribution in [0.1, 0.15) is 32.0 Å². The number of aromatic nitrogens is 1. The molecule has 0 bridgehead atoms. The van der Waals surface area contributed by atoms with E-state index in [2.05, 4.69) is 10.3 Å². The largest absolute Gasteiger partial charge is 0.481 e. The summed E-state index contributed by atoms with van der Waals surface area (Å²) >= 11 is 0. The highest BCUT2D eigenvalue weighted by Gasteiger charge is 2.32. The fraction of sp³-hybridized carbons (Fsp3) is 0.545. The SMILES string of the molecule is CNC(c1ccc[nH]1)C(C)(C)CC(=O)O. The Morgan fingerprint density at radius 1 is 1.67 bits per heavy atom. The molecule has 1 rings (SSSR count). The summed E-state index contributed by atoms with van der Waals surface area (Å²) in [7, 11) is 1.84. The predicted octanol–water partition coefficient (Wildman–Crippen LogP) is 1.78. The molecule has 0 aliphatic rings. The first kappa shape index (κ1) is 11.8. The van der Waals surface area contributed by atoms with Gasteiger partial charge in [-0.3, -0.25) is 4.79 Å². The molecule has 0 aliphatic heterocycles. The van der Waals surface area contributed by atoms with Gasteiger partial charge in [-0.1, -0.05) is 13.8 Å². The predicted molar refractivity (Wildman–Crippen MR) is 58.6 cm³/mol. The highest BCUT2D eigenvalue weighted by Crippen LogP contribution is 2.35. The molecule has 0 aromatic carbocycles. The quantitative estimate of drug-likeness (QED) is 0.694. The maximum Gasteiger partial charge on any atom is 0.303 e. The van der Waals surface area contributed by atoms with Crippen LogP contribution in [0.2, 0.25) is 0 Å². The minimum atomic E-state index is -0.771. The van der Waals surface area contributed by atoms with Crippen LogP contribution in [0.4, 0.5) is 0 Å². The van der Waals surface area contributed by atoms with E-state index in [1.165, 1.54) is 0 Å². The van der Waals surface area contributed by atoms with Crippen LogP contribution in [0.15, 0.2) is 18.3 Å². The van der Waals surface area contributed by atoms with Crippen molar-refractivity contribution < 1.29 is 9.90 Å². The highest BCUT2D eigenvalue weighted by molar-refractivity contribution is 5.67. The number of hydrogen-bond donors (Lipinski definition) is 3. The van der Waals surface area contributed by atoms with Crippen molar-refractivity contribution in [2.24, 2.45) is 5.41 Å². The molecule has 0 fully saturated rings. The lowest BCUT2D eigenvalue weighted by Gasteiger charge is -2.32. The van der Waals surface area contributed by atoms with Crippen molar-refractivity contribution in [1.29, 1.82) is 0 Å². The third kappa shape index (κ3) is 2.83. The molecule has 0 saturated carbocycles. The molecule has 1 aromatic heterocycles. The minimum absolute atomic E-state index is 0.0172. The van der Waals surface area contributed by atoms with Crippen molar-refractivity contribution in [3.8, 4) is 0 Å². The smallest absolute Gasteiger partial charge is 0.303 e. The van der Waals surface area contributed by atoms with Crippen molar-refractivity contribution in [3.63, 3.8) is 0 Å². The topological polar surface area (TPSA) is 65.1 Å². The molecule has 0 aliphatic carbocycles. The van der Waals surface area contributed by atoms with Crippen molar-refractivity contribution in [2.75, 3.05) is 7.05 Å². The Bertz CT molecular complexity index is 317. The van der Waals surface area contributed by atoms with E-state index in [1.54, 1.807) is 0 Å². The zero-order valence-corrected chi connectivity index (χ0v) is 9.37. The minimum Gasteiger partial charge on any atom is -0.481 e. The molecule has 1 heterocycles. The fourth-order valence-electron chi connectivity index (χ4n) is 1.98. The van der Waals surface area contributed by atoms with Crippen LogP contribution in [0.3, 0.4) is 0 Å². The normalized spacial score (nSPS) is 13.8. The van der Waals surface area contributed by atoms with Gasteiger partial charge in [-0.15, -0.1) is 0 Å². The van der Waals surface area contributed by atoms with E-state index in [0.717, 1.165) is 5.69 Å². The number of carboxylic acid groups (broad SMARTS) is 1. The summed E-state index contributed by atoms with van der Waals surface area (Å²) in [5.41, 5.74) is 0.689. The van der Waals surface area contributed by atoms with Crippen LogP contribution in [0.5, 0.6) is 0 Å². The summed E-state index contributed by atoms with van der Waals surface area (Å²) in [5, 5.41) is 12.0. The third-order valence-corrected chi connectivity index (χ3v) is 2.61. The molecular formula is C11H18N2O2. The molecule has 0 amide bonds. The van der Waals surface area contributed by atoms with Crippen LogP contribution in [0.25, 0.3) is 0 Å². The molecule has 1 aromatic rings. The Kier molecular flexibility index (Phi) is 3.52. The van der Waals surface area contributed by atoms with Crippen LogP contribution in [0, 0.1) is 5.41 Å². The van der Waals surface area contributed by atoms with Crippen molar-refractivity contribution in [2.45, 2.75) is 26.3 Å². The number of rotatable bonds is 5. The first-order chi connectivity index (χ1) is 6.97. The van der Waals surface area contributed by atoms with Gasteiger partial charge in [0.2, 0.25) is 0 Å². The van der Waals surface area contributed by atoms with Crippen LogP contribution >= 0.6 is 0 Å². The maximum atomic E-state index is 10.8.